The molecule has 18 heavy (non-hydrogen) atoms. The molecule has 2 aromatic carbocycles. The summed E-state index contributed by atoms with van der Waals surface area (Å²) in [6.07, 6.45) is 0. The second-order valence-electron chi connectivity index (χ2n) is 3.89. The molecule has 0 unspecified atom stereocenters. The summed E-state index contributed by atoms with van der Waals surface area (Å²) in [6.45, 7) is 0.554. The monoisotopic (exact) mass is 243 g/mol. The van der Waals surface area contributed by atoms with Gasteiger partial charge in [0, 0.05) is 12.1 Å². The van der Waals surface area contributed by atoms with Crippen LogP contribution < -0.4 is 10.9 Å². The molecule has 0 amide bonds. The highest BCUT2D eigenvalue weighted by Crippen LogP contribution is 2.18. The second-order valence-corrected chi connectivity index (χ2v) is 3.89. The van der Waals surface area contributed by atoms with Crippen molar-refractivity contribution < 1.29 is 4.92 Å². The Bertz CT molecular complexity index is 526. The average Bonchev–Trinajstić information content (AvgIpc) is 2.40. The van der Waals surface area contributed by atoms with E-state index < -0.39 is 4.92 Å². The molecule has 0 bridgehead atoms. The van der Waals surface area contributed by atoms with Gasteiger partial charge < -0.3 is 5.01 Å². The molecule has 0 aliphatic rings. The van der Waals surface area contributed by atoms with E-state index >= 15 is 0 Å². The lowest BCUT2D eigenvalue weighted by atomic mass is 10.2. The summed E-state index contributed by atoms with van der Waals surface area (Å²) in [5.74, 6) is 5.92. The van der Waals surface area contributed by atoms with Crippen LogP contribution in [0.4, 0.5) is 11.4 Å². The summed E-state index contributed by atoms with van der Waals surface area (Å²) in [5.41, 5.74) is 1.88. The number of nitro benzene ring substituents is 1. The van der Waals surface area contributed by atoms with Gasteiger partial charge in [0.05, 0.1) is 17.2 Å². The number of rotatable bonds is 4. The Morgan fingerprint density at radius 1 is 1.06 bits per heavy atom. The standard InChI is InChI=1S/C13H13N3O2/c14-15(10-11-4-2-1-3-5-11)12-6-8-13(9-7-12)16(17)18/h1-9H,10,14H2. The van der Waals surface area contributed by atoms with Crippen molar-refractivity contribution in [1.29, 1.82) is 0 Å². The summed E-state index contributed by atoms with van der Waals surface area (Å²) >= 11 is 0. The van der Waals surface area contributed by atoms with E-state index in [1.807, 2.05) is 30.3 Å². The first-order valence-electron chi connectivity index (χ1n) is 5.47. The lowest BCUT2D eigenvalue weighted by Gasteiger charge is -2.18. The van der Waals surface area contributed by atoms with Gasteiger partial charge in [-0.3, -0.25) is 10.1 Å². The van der Waals surface area contributed by atoms with Gasteiger partial charge in [0.2, 0.25) is 0 Å². The van der Waals surface area contributed by atoms with Crippen LogP contribution in [0, 0.1) is 10.1 Å². The van der Waals surface area contributed by atoms with Crippen molar-refractivity contribution in [2.75, 3.05) is 5.01 Å². The molecule has 0 radical (unpaired) electrons. The molecule has 0 aliphatic carbocycles. The number of nitro groups is 1. The maximum absolute atomic E-state index is 10.5. The molecular weight excluding hydrogens is 230 g/mol. The van der Waals surface area contributed by atoms with Gasteiger partial charge in [-0.1, -0.05) is 30.3 Å². The maximum atomic E-state index is 10.5. The quantitative estimate of drug-likeness (QED) is 0.508. The summed E-state index contributed by atoms with van der Waals surface area (Å²) < 4.78 is 0. The molecule has 0 spiro atoms. The number of anilines is 1. The first-order chi connectivity index (χ1) is 8.66. The van der Waals surface area contributed by atoms with Gasteiger partial charge in [-0.2, -0.15) is 0 Å². The van der Waals surface area contributed by atoms with Gasteiger partial charge in [0.25, 0.3) is 5.69 Å². The Balaban J connectivity index is 2.09. The number of hydrazine groups is 1. The Hall–Kier alpha value is -2.40. The molecule has 5 heteroatoms. The van der Waals surface area contributed by atoms with Gasteiger partial charge in [0.1, 0.15) is 0 Å². The fourth-order valence-electron chi connectivity index (χ4n) is 1.64. The molecule has 0 aliphatic heterocycles. The first kappa shape index (κ1) is 12.1. The molecule has 0 fully saturated rings. The minimum absolute atomic E-state index is 0.0619. The Morgan fingerprint density at radius 2 is 1.67 bits per heavy atom. The second kappa shape index (κ2) is 5.29. The molecular formula is C13H13N3O2. The lowest BCUT2D eigenvalue weighted by molar-refractivity contribution is -0.384. The number of nitrogens with zero attached hydrogens (tertiary/aromatic N) is 2. The van der Waals surface area contributed by atoms with Crippen LogP contribution in [0.25, 0.3) is 0 Å². The van der Waals surface area contributed by atoms with Gasteiger partial charge in [-0.05, 0) is 17.7 Å². The van der Waals surface area contributed by atoms with E-state index in [0.29, 0.717) is 6.54 Å². The Morgan fingerprint density at radius 3 is 2.22 bits per heavy atom. The average molecular weight is 243 g/mol. The summed E-state index contributed by atoms with van der Waals surface area (Å²) in [4.78, 5) is 10.1. The van der Waals surface area contributed by atoms with Crippen LogP contribution in [-0.2, 0) is 6.54 Å². The number of hydrogen-bond acceptors (Lipinski definition) is 4. The molecule has 0 aromatic heterocycles. The summed E-state index contributed by atoms with van der Waals surface area (Å²) in [5, 5.41) is 12.1. The number of non-ortho nitro benzene ring substituents is 1. The fourth-order valence-corrected chi connectivity index (χ4v) is 1.64. The van der Waals surface area contributed by atoms with E-state index in [-0.39, 0.29) is 5.69 Å². The largest absolute Gasteiger partial charge is 0.307 e. The third-order valence-corrected chi connectivity index (χ3v) is 2.59. The van der Waals surface area contributed by atoms with E-state index in [2.05, 4.69) is 0 Å². The van der Waals surface area contributed by atoms with E-state index in [4.69, 9.17) is 5.84 Å². The zero-order chi connectivity index (χ0) is 13.0. The topological polar surface area (TPSA) is 72.4 Å². The van der Waals surface area contributed by atoms with Crippen molar-refractivity contribution in [3.05, 3.63) is 70.3 Å². The van der Waals surface area contributed by atoms with Crippen molar-refractivity contribution in [1.82, 2.24) is 0 Å². The van der Waals surface area contributed by atoms with Gasteiger partial charge >= 0.3 is 0 Å². The third-order valence-electron chi connectivity index (χ3n) is 2.59. The maximum Gasteiger partial charge on any atom is 0.269 e. The van der Waals surface area contributed by atoms with Crippen molar-refractivity contribution >= 4 is 11.4 Å². The van der Waals surface area contributed by atoms with E-state index in [1.54, 1.807) is 17.1 Å². The molecule has 2 N–H and O–H groups in total. The number of nitrogens with two attached hydrogens (primary N) is 1. The van der Waals surface area contributed by atoms with Crippen molar-refractivity contribution in [2.24, 2.45) is 5.84 Å². The molecule has 0 atom stereocenters. The predicted molar refractivity (Wildman–Crippen MR) is 69.9 cm³/mol. The van der Waals surface area contributed by atoms with Crippen molar-refractivity contribution in [3.63, 3.8) is 0 Å². The van der Waals surface area contributed by atoms with Gasteiger partial charge in [-0.25, -0.2) is 5.84 Å². The smallest absolute Gasteiger partial charge is 0.269 e. The molecule has 5 nitrogen and oxygen atoms in total. The van der Waals surface area contributed by atoms with Crippen LogP contribution in [0.3, 0.4) is 0 Å². The summed E-state index contributed by atoms with van der Waals surface area (Å²) in [6, 6.07) is 16.0. The van der Waals surface area contributed by atoms with Crippen LogP contribution >= 0.6 is 0 Å². The highest BCUT2D eigenvalue weighted by Gasteiger charge is 2.07. The van der Waals surface area contributed by atoms with E-state index in [9.17, 15) is 10.1 Å². The highest BCUT2D eigenvalue weighted by molar-refractivity contribution is 5.50. The third kappa shape index (κ3) is 2.83. The van der Waals surface area contributed by atoms with Crippen molar-refractivity contribution in [3.8, 4) is 0 Å². The Kier molecular flexibility index (Phi) is 3.54. The highest BCUT2D eigenvalue weighted by atomic mass is 16.6. The zero-order valence-corrected chi connectivity index (χ0v) is 9.69. The van der Waals surface area contributed by atoms with Crippen LogP contribution in [0.1, 0.15) is 5.56 Å². The van der Waals surface area contributed by atoms with Crippen LogP contribution in [0.15, 0.2) is 54.6 Å². The molecule has 0 saturated heterocycles. The number of benzene rings is 2. The van der Waals surface area contributed by atoms with Crippen LogP contribution in [0.2, 0.25) is 0 Å². The van der Waals surface area contributed by atoms with Crippen LogP contribution in [-0.4, -0.2) is 4.92 Å². The fraction of sp³-hybridized carbons (Fsp3) is 0.0769. The SMILES string of the molecule is NN(Cc1ccccc1)c1ccc([N+](=O)[O-])cc1. The van der Waals surface area contributed by atoms with Crippen molar-refractivity contribution in [2.45, 2.75) is 6.54 Å². The summed E-state index contributed by atoms with van der Waals surface area (Å²) in [7, 11) is 0. The van der Waals surface area contributed by atoms with E-state index in [1.165, 1.54) is 12.1 Å². The molecule has 92 valence electrons. The zero-order valence-electron chi connectivity index (χ0n) is 9.69. The minimum Gasteiger partial charge on any atom is -0.307 e. The van der Waals surface area contributed by atoms with E-state index in [0.717, 1.165) is 11.3 Å². The molecule has 0 heterocycles. The molecule has 0 saturated carbocycles. The lowest BCUT2D eigenvalue weighted by Crippen LogP contribution is -2.29. The Labute approximate surface area is 105 Å². The van der Waals surface area contributed by atoms with Gasteiger partial charge in [-0.15, -0.1) is 0 Å². The molecule has 2 aromatic rings. The minimum atomic E-state index is -0.429. The first-order valence-corrected chi connectivity index (χ1v) is 5.47. The number of hydrogen-bond donors (Lipinski definition) is 1. The van der Waals surface area contributed by atoms with Crippen LogP contribution in [0.5, 0.6) is 0 Å². The molecule has 2 rings (SSSR count). The van der Waals surface area contributed by atoms with Gasteiger partial charge in [0.15, 0.2) is 0 Å². The normalized spacial score (nSPS) is 10.1. The predicted octanol–water partition coefficient (Wildman–Crippen LogP) is 2.48.